The van der Waals surface area contributed by atoms with Gasteiger partial charge in [-0.1, -0.05) is 13.3 Å². The molecule has 2 atom stereocenters. The normalized spacial score (nSPS) is 23.2. The van der Waals surface area contributed by atoms with Crippen LogP contribution in [0.15, 0.2) is 6.07 Å². The quantitative estimate of drug-likeness (QED) is 0.775. The van der Waals surface area contributed by atoms with Crippen molar-refractivity contribution in [1.29, 1.82) is 5.26 Å². The lowest BCUT2D eigenvalue weighted by Crippen LogP contribution is -2.54. The molecule has 0 radical (unpaired) electrons. The Labute approximate surface area is 147 Å². The van der Waals surface area contributed by atoms with Crippen LogP contribution in [0.25, 0.3) is 0 Å². The van der Waals surface area contributed by atoms with E-state index in [0.717, 1.165) is 6.42 Å². The highest BCUT2D eigenvalue weighted by molar-refractivity contribution is 5.91. The van der Waals surface area contributed by atoms with Crippen LogP contribution in [0.2, 0.25) is 0 Å². The number of anilines is 1. The van der Waals surface area contributed by atoms with Crippen molar-refractivity contribution in [2.45, 2.75) is 39.2 Å². The van der Waals surface area contributed by atoms with Gasteiger partial charge in [0, 0.05) is 18.5 Å². The SMILES string of the molecule is CCC[C@@]1(CO)CN(c2nc(C)c(C(=O)OC)cc2C#N)CC[C@H]1O. The number of hydrogen-bond acceptors (Lipinski definition) is 7. The van der Waals surface area contributed by atoms with Crippen molar-refractivity contribution in [3.05, 3.63) is 22.9 Å². The minimum absolute atomic E-state index is 0.125. The van der Waals surface area contributed by atoms with Crippen molar-refractivity contribution >= 4 is 11.8 Å². The zero-order chi connectivity index (χ0) is 18.6. The number of carbonyl (C=O) groups is 1. The topological polar surface area (TPSA) is 107 Å². The van der Waals surface area contributed by atoms with E-state index < -0.39 is 17.5 Å². The number of rotatable bonds is 5. The van der Waals surface area contributed by atoms with E-state index in [0.29, 0.717) is 37.4 Å². The summed E-state index contributed by atoms with van der Waals surface area (Å²) in [6, 6.07) is 3.59. The fourth-order valence-electron chi connectivity index (χ4n) is 3.54. The van der Waals surface area contributed by atoms with Crippen LogP contribution < -0.4 is 4.90 Å². The highest BCUT2D eigenvalue weighted by Crippen LogP contribution is 2.37. The molecule has 25 heavy (non-hydrogen) atoms. The van der Waals surface area contributed by atoms with Gasteiger partial charge in [-0.3, -0.25) is 0 Å². The number of hydrogen-bond donors (Lipinski definition) is 2. The number of esters is 1. The van der Waals surface area contributed by atoms with E-state index in [1.807, 2.05) is 11.8 Å². The van der Waals surface area contributed by atoms with Crippen LogP contribution in [0.1, 0.15) is 47.8 Å². The predicted octanol–water partition coefficient (Wildman–Crippen LogP) is 1.40. The Morgan fingerprint density at radius 1 is 1.60 bits per heavy atom. The molecule has 2 rings (SSSR count). The Morgan fingerprint density at radius 2 is 2.32 bits per heavy atom. The Hall–Kier alpha value is -2.17. The van der Waals surface area contributed by atoms with Crippen LogP contribution in [0, 0.1) is 23.7 Å². The molecule has 7 nitrogen and oxygen atoms in total. The standard InChI is InChI=1S/C18H25N3O4/c1-4-6-18(11-22)10-21(7-5-15(18)23)16-13(9-19)8-14(12(2)20-16)17(24)25-3/h8,15,22-23H,4-7,10-11H2,1-3H3/t15-,18+/m1/s1. The number of ether oxygens (including phenoxy) is 1. The highest BCUT2D eigenvalue weighted by atomic mass is 16.5. The number of methoxy groups -OCH3 is 1. The van der Waals surface area contributed by atoms with Gasteiger partial charge in [0.25, 0.3) is 0 Å². The zero-order valence-corrected chi connectivity index (χ0v) is 14.9. The summed E-state index contributed by atoms with van der Waals surface area (Å²) >= 11 is 0. The smallest absolute Gasteiger partial charge is 0.339 e. The second kappa shape index (κ2) is 7.81. The van der Waals surface area contributed by atoms with Gasteiger partial charge in [-0.05, 0) is 25.8 Å². The molecule has 7 heteroatoms. The van der Waals surface area contributed by atoms with Gasteiger partial charge in [0.15, 0.2) is 0 Å². The van der Waals surface area contributed by atoms with Crippen molar-refractivity contribution < 1.29 is 19.7 Å². The van der Waals surface area contributed by atoms with Crippen molar-refractivity contribution in [1.82, 2.24) is 4.98 Å². The van der Waals surface area contributed by atoms with Gasteiger partial charge in [0.05, 0.1) is 36.6 Å². The molecule has 0 aromatic carbocycles. The maximum absolute atomic E-state index is 11.8. The van der Waals surface area contributed by atoms with Gasteiger partial charge in [0.2, 0.25) is 0 Å². The summed E-state index contributed by atoms with van der Waals surface area (Å²) in [7, 11) is 1.29. The molecule has 0 spiro atoms. The molecule has 1 saturated heterocycles. The molecule has 1 aromatic rings. The first-order chi connectivity index (χ1) is 11.9. The minimum atomic E-state index is -0.629. The average molecular weight is 347 g/mol. The summed E-state index contributed by atoms with van der Waals surface area (Å²) in [4.78, 5) is 18.2. The predicted molar refractivity (Wildman–Crippen MR) is 92.3 cm³/mol. The van der Waals surface area contributed by atoms with Gasteiger partial charge in [0.1, 0.15) is 11.9 Å². The first-order valence-electron chi connectivity index (χ1n) is 8.46. The first-order valence-corrected chi connectivity index (χ1v) is 8.46. The van der Waals surface area contributed by atoms with E-state index in [9.17, 15) is 20.3 Å². The van der Waals surface area contributed by atoms with E-state index in [2.05, 4.69) is 11.1 Å². The molecular formula is C18H25N3O4. The molecule has 2 N–H and O–H groups in total. The molecule has 136 valence electrons. The molecule has 0 amide bonds. The Bertz CT molecular complexity index is 686. The number of aliphatic hydroxyl groups excluding tert-OH is 2. The summed E-state index contributed by atoms with van der Waals surface area (Å²) in [6.45, 7) is 4.53. The van der Waals surface area contributed by atoms with Crippen LogP contribution in [-0.4, -0.2) is 54.1 Å². The van der Waals surface area contributed by atoms with E-state index in [4.69, 9.17) is 4.74 Å². The molecule has 1 aromatic heterocycles. The van der Waals surface area contributed by atoms with E-state index in [1.54, 1.807) is 6.92 Å². The molecule has 2 heterocycles. The zero-order valence-electron chi connectivity index (χ0n) is 14.9. The molecule has 1 aliphatic heterocycles. The minimum Gasteiger partial charge on any atom is -0.465 e. The van der Waals surface area contributed by atoms with E-state index in [1.165, 1.54) is 13.2 Å². The van der Waals surface area contributed by atoms with E-state index >= 15 is 0 Å². The van der Waals surface area contributed by atoms with Crippen molar-refractivity contribution in [3.8, 4) is 6.07 Å². The highest BCUT2D eigenvalue weighted by Gasteiger charge is 2.42. The summed E-state index contributed by atoms with van der Waals surface area (Å²) in [5.74, 6) is -0.0497. The second-order valence-electron chi connectivity index (χ2n) is 6.59. The molecule has 0 aliphatic carbocycles. The summed E-state index contributed by atoms with van der Waals surface area (Å²) in [5.41, 5.74) is 0.403. The molecule has 1 aliphatic rings. The lowest BCUT2D eigenvalue weighted by molar-refractivity contribution is -0.0353. The number of carbonyl (C=O) groups excluding carboxylic acids is 1. The monoisotopic (exact) mass is 347 g/mol. The molecule has 0 saturated carbocycles. The first kappa shape index (κ1) is 19.2. The number of pyridine rings is 1. The summed E-state index contributed by atoms with van der Waals surface area (Å²) in [6.07, 6.45) is 1.42. The number of nitrogens with zero attached hydrogens (tertiary/aromatic N) is 3. The van der Waals surface area contributed by atoms with Gasteiger partial charge in [-0.15, -0.1) is 0 Å². The molecule has 0 unspecified atom stereocenters. The Balaban J connectivity index is 2.42. The van der Waals surface area contributed by atoms with Crippen molar-refractivity contribution in [2.24, 2.45) is 5.41 Å². The van der Waals surface area contributed by atoms with Crippen LogP contribution >= 0.6 is 0 Å². The third-order valence-electron chi connectivity index (χ3n) is 4.97. The Kier molecular flexibility index (Phi) is 5.98. The lowest BCUT2D eigenvalue weighted by Gasteiger charge is -2.46. The maximum atomic E-state index is 11.8. The average Bonchev–Trinajstić information content (AvgIpc) is 2.62. The third-order valence-corrected chi connectivity index (χ3v) is 4.97. The van der Waals surface area contributed by atoms with Crippen LogP contribution in [0.3, 0.4) is 0 Å². The largest absolute Gasteiger partial charge is 0.465 e. The maximum Gasteiger partial charge on any atom is 0.339 e. The van der Waals surface area contributed by atoms with E-state index in [-0.39, 0.29) is 17.7 Å². The van der Waals surface area contributed by atoms with Gasteiger partial charge in [-0.2, -0.15) is 5.26 Å². The van der Waals surface area contributed by atoms with Crippen LogP contribution in [0.5, 0.6) is 0 Å². The fourth-order valence-corrected chi connectivity index (χ4v) is 3.54. The molecule has 0 bridgehead atoms. The fraction of sp³-hybridized carbons (Fsp3) is 0.611. The van der Waals surface area contributed by atoms with Gasteiger partial charge < -0.3 is 19.8 Å². The lowest BCUT2D eigenvalue weighted by atomic mass is 9.74. The van der Waals surface area contributed by atoms with Crippen molar-refractivity contribution in [2.75, 3.05) is 31.7 Å². The second-order valence-corrected chi connectivity index (χ2v) is 6.59. The Morgan fingerprint density at radius 3 is 2.88 bits per heavy atom. The molecular weight excluding hydrogens is 322 g/mol. The molecule has 1 fully saturated rings. The summed E-state index contributed by atoms with van der Waals surface area (Å²) < 4.78 is 4.73. The van der Waals surface area contributed by atoms with Crippen molar-refractivity contribution in [3.63, 3.8) is 0 Å². The number of aliphatic hydroxyl groups is 2. The number of nitriles is 1. The number of aromatic nitrogens is 1. The van der Waals surface area contributed by atoms with Gasteiger partial charge in [-0.25, -0.2) is 9.78 Å². The third kappa shape index (κ3) is 3.60. The van der Waals surface area contributed by atoms with Crippen LogP contribution in [-0.2, 0) is 4.74 Å². The number of piperidine rings is 1. The van der Waals surface area contributed by atoms with Gasteiger partial charge >= 0.3 is 5.97 Å². The number of aryl methyl sites for hydroxylation is 1. The summed E-state index contributed by atoms with van der Waals surface area (Å²) in [5, 5.41) is 29.8. The van der Waals surface area contributed by atoms with Crippen LogP contribution in [0.4, 0.5) is 5.82 Å².